The Bertz CT molecular complexity index is 462. The van der Waals surface area contributed by atoms with Gasteiger partial charge in [-0.05, 0) is 17.7 Å². The largest absolute Gasteiger partial charge is 0.454 e. The van der Waals surface area contributed by atoms with E-state index in [9.17, 15) is 4.79 Å². The van der Waals surface area contributed by atoms with Crippen molar-refractivity contribution in [2.24, 2.45) is 0 Å². The Hall–Kier alpha value is -1.75. The summed E-state index contributed by atoms with van der Waals surface area (Å²) in [5.74, 6) is 1.76. The maximum absolute atomic E-state index is 11.9. The molecule has 1 fully saturated rings. The number of benzene rings is 1. The third kappa shape index (κ3) is 2.26. The first-order valence-corrected chi connectivity index (χ1v) is 6.20. The normalized spacial score (nSPS) is 18.9. The highest BCUT2D eigenvalue weighted by atomic mass is 16.7. The van der Waals surface area contributed by atoms with E-state index in [1.165, 1.54) is 0 Å². The van der Waals surface area contributed by atoms with Crippen LogP contribution in [0, 0.1) is 0 Å². The van der Waals surface area contributed by atoms with E-state index in [4.69, 9.17) is 9.47 Å². The number of rotatable bonds is 2. The van der Waals surface area contributed by atoms with Crippen molar-refractivity contribution in [1.82, 2.24) is 10.2 Å². The SMILES string of the molecule is O=C1CCNCCN1Cc1ccc2c(c1)OCO2. The zero-order valence-electron chi connectivity index (χ0n) is 10.1. The fraction of sp³-hybridized carbons (Fsp3) is 0.462. The minimum absolute atomic E-state index is 0.206. The Labute approximate surface area is 106 Å². The lowest BCUT2D eigenvalue weighted by Crippen LogP contribution is -2.31. The highest BCUT2D eigenvalue weighted by Crippen LogP contribution is 2.32. The average molecular weight is 248 g/mol. The number of nitrogens with one attached hydrogen (secondary N) is 1. The molecule has 0 bridgehead atoms. The van der Waals surface area contributed by atoms with Gasteiger partial charge in [-0.15, -0.1) is 0 Å². The summed E-state index contributed by atoms with van der Waals surface area (Å²) >= 11 is 0. The number of ether oxygens (including phenoxy) is 2. The molecule has 1 aromatic carbocycles. The zero-order valence-corrected chi connectivity index (χ0v) is 10.1. The molecule has 2 aliphatic rings. The van der Waals surface area contributed by atoms with Crippen molar-refractivity contribution in [3.8, 4) is 11.5 Å². The predicted molar refractivity (Wildman–Crippen MR) is 65.5 cm³/mol. The molecule has 0 aromatic heterocycles. The van der Waals surface area contributed by atoms with E-state index < -0.39 is 0 Å². The molecular formula is C13H16N2O3. The molecule has 0 atom stereocenters. The molecule has 18 heavy (non-hydrogen) atoms. The number of carbonyl (C=O) groups is 1. The Balaban J connectivity index is 1.73. The minimum atomic E-state index is 0.206. The van der Waals surface area contributed by atoms with Gasteiger partial charge in [0.25, 0.3) is 0 Å². The van der Waals surface area contributed by atoms with E-state index in [-0.39, 0.29) is 12.7 Å². The van der Waals surface area contributed by atoms with Crippen molar-refractivity contribution in [2.45, 2.75) is 13.0 Å². The molecule has 0 spiro atoms. The lowest BCUT2D eigenvalue weighted by Gasteiger charge is -2.20. The van der Waals surface area contributed by atoms with Gasteiger partial charge in [0, 0.05) is 32.6 Å². The smallest absolute Gasteiger partial charge is 0.231 e. The number of fused-ring (bicyclic) bond motifs is 1. The van der Waals surface area contributed by atoms with Crippen LogP contribution in [0.4, 0.5) is 0 Å². The molecule has 3 rings (SSSR count). The molecule has 2 aliphatic heterocycles. The second-order valence-corrected chi connectivity index (χ2v) is 4.50. The third-order valence-electron chi connectivity index (χ3n) is 3.24. The summed E-state index contributed by atoms with van der Waals surface area (Å²) in [4.78, 5) is 13.8. The molecule has 1 N–H and O–H groups in total. The summed E-state index contributed by atoms with van der Waals surface area (Å²) in [6.45, 7) is 3.31. The first-order valence-electron chi connectivity index (χ1n) is 6.20. The summed E-state index contributed by atoms with van der Waals surface area (Å²) in [5, 5.41) is 3.23. The molecule has 0 saturated carbocycles. The molecule has 5 nitrogen and oxygen atoms in total. The molecule has 5 heteroatoms. The molecule has 2 heterocycles. The minimum Gasteiger partial charge on any atom is -0.454 e. The molecule has 1 saturated heterocycles. The van der Waals surface area contributed by atoms with E-state index in [1.54, 1.807) is 0 Å². The zero-order chi connectivity index (χ0) is 12.4. The molecule has 0 unspecified atom stereocenters. The maximum atomic E-state index is 11.9. The van der Waals surface area contributed by atoms with Gasteiger partial charge in [0.1, 0.15) is 0 Å². The third-order valence-corrected chi connectivity index (χ3v) is 3.24. The van der Waals surface area contributed by atoms with Gasteiger partial charge in [-0.2, -0.15) is 0 Å². The fourth-order valence-corrected chi connectivity index (χ4v) is 2.24. The van der Waals surface area contributed by atoms with Gasteiger partial charge in [0.2, 0.25) is 12.7 Å². The monoisotopic (exact) mass is 248 g/mol. The second kappa shape index (κ2) is 4.86. The Morgan fingerprint density at radius 3 is 3.06 bits per heavy atom. The van der Waals surface area contributed by atoms with Crippen LogP contribution in [0.3, 0.4) is 0 Å². The number of carbonyl (C=O) groups excluding carboxylic acids is 1. The van der Waals surface area contributed by atoms with Crippen LogP contribution in [-0.4, -0.2) is 37.2 Å². The van der Waals surface area contributed by atoms with Gasteiger partial charge in [0.15, 0.2) is 11.5 Å². The standard InChI is InChI=1S/C13H16N2O3/c16-13-3-4-14-5-6-15(13)8-10-1-2-11-12(7-10)18-9-17-11/h1-2,7,14H,3-6,8-9H2. The van der Waals surface area contributed by atoms with Crippen LogP contribution >= 0.6 is 0 Å². The number of hydrogen-bond acceptors (Lipinski definition) is 4. The predicted octanol–water partition coefficient (Wildman–Crippen LogP) is 0.737. The highest BCUT2D eigenvalue weighted by Gasteiger charge is 2.18. The van der Waals surface area contributed by atoms with Crippen LogP contribution in [0.15, 0.2) is 18.2 Å². The molecule has 96 valence electrons. The van der Waals surface area contributed by atoms with E-state index in [0.29, 0.717) is 13.0 Å². The van der Waals surface area contributed by atoms with Gasteiger partial charge in [-0.1, -0.05) is 6.07 Å². The lowest BCUT2D eigenvalue weighted by atomic mass is 10.2. The summed E-state index contributed by atoms with van der Waals surface area (Å²) in [6.07, 6.45) is 0.574. The second-order valence-electron chi connectivity index (χ2n) is 4.50. The quantitative estimate of drug-likeness (QED) is 0.838. The Morgan fingerprint density at radius 2 is 2.11 bits per heavy atom. The molecule has 1 amide bonds. The van der Waals surface area contributed by atoms with Crippen LogP contribution < -0.4 is 14.8 Å². The van der Waals surface area contributed by atoms with E-state index in [1.807, 2.05) is 23.1 Å². The Kier molecular flexibility index (Phi) is 3.06. The van der Waals surface area contributed by atoms with E-state index >= 15 is 0 Å². The molecule has 1 aromatic rings. The van der Waals surface area contributed by atoms with Crippen LogP contribution in [0.1, 0.15) is 12.0 Å². The van der Waals surface area contributed by atoms with Crippen molar-refractivity contribution in [3.63, 3.8) is 0 Å². The fourth-order valence-electron chi connectivity index (χ4n) is 2.24. The highest BCUT2D eigenvalue weighted by molar-refractivity contribution is 5.76. The van der Waals surface area contributed by atoms with E-state index in [0.717, 1.165) is 36.7 Å². The molecular weight excluding hydrogens is 232 g/mol. The summed E-state index contributed by atoms with van der Waals surface area (Å²) in [5.41, 5.74) is 1.08. The van der Waals surface area contributed by atoms with Crippen LogP contribution in [0.25, 0.3) is 0 Å². The average Bonchev–Trinajstić information content (AvgIpc) is 2.75. The topological polar surface area (TPSA) is 50.8 Å². The summed E-state index contributed by atoms with van der Waals surface area (Å²) in [7, 11) is 0. The van der Waals surface area contributed by atoms with Crippen molar-refractivity contribution in [3.05, 3.63) is 23.8 Å². The first-order chi connectivity index (χ1) is 8.83. The van der Waals surface area contributed by atoms with Gasteiger partial charge >= 0.3 is 0 Å². The van der Waals surface area contributed by atoms with E-state index in [2.05, 4.69) is 5.32 Å². The van der Waals surface area contributed by atoms with Gasteiger partial charge in [-0.25, -0.2) is 0 Å². The summed E-state index contributed by atoms with van der Waals surface area (Å²) < 4.78 is 10.6. The van der Waals surface area contributed by atoms with Crippen LogP contribution in [0.2, 0.25) is 0 Å². The maximum Gasteiger partial charge on any atom is 0.231 e. The summed E-state index contributed by atoms with van der Waals surface area (Å²) in [6, 6.07) is 5.84. The van der Waals surface area contributed by atoms with Gasteiger partial charge in [0.05, 0.1) is 0 Å². The first kappa shape index (κ1) is 11.3. The van der Waals surface area contributed by atoms with Gasteiger partial charge < -0.3 is 19.7 Å². The number of hydrogen-bond donors (Lipinski definition) is 1. The Morgan fingerprint density at radius 1 is 1.22 bits per heavy atom. The van der Waals surface area contributed by atoms with Gasteiger partial charge in [-0.3, -0.25) is 4.79 Å². The van der Waals surface area contributed by atoms with Crippen molar-refractivity contribution >= 4 is 5.91 Å². The van der Waals surface area contributed by atoms with Crippen LogP contribution in [-0.2, 0) is 11.3 Å². The van der Waals surface area contributed by atoms with Crippen molar-refractivity contribution in [1.29, 1.82) is 0 Å². The van der Waals surface area contributed by atoms with Crippen molar-refractivity contribution in [2.75, 3.05) is 26.4 Å². The lowest BCUT2D eigenvalue weighted by molar-refractivity contribution is -0.130. The number of amides is 1. The number of nitrogens with zero attached hydrogens (tertiary/aromatic N) is 1. The molecule has 0 radical (unpaired) electrons. The van der Waals surface area contributed by atoms with Crippen molar-refractivity contribution < 1.29 is 14.3 Å². The molecule has 0 aliphatic carbocycles. The van der Waals surface area contributed by atoms with Crippen LogP contribution in [0.5, 0.6) is 11.5 Å².